The molecule has 0 atom stereocenters. The largest absolute Gasteiger partial charge is 0.330 e. The highest BCUT2D eigenvalue weighted by Gasteiger charge is 1.80. The number of nitrogens with two attached hydrogens (primary N) is 2. The van der Waals surface area contributed by atoms with Gasteiger partial charge in [-0.2, -0.15) is 0 Å². The first-order valence-electron chi connectivity index (χ1n) is 2.82. The Morgan fingerprint density at radius 3 is 0.917 bits per heavy atom. The van der Waals surface area contributed by atoms with Gasteiger partial charge in [0.15, 0.2) is 0 Å². The maximum absolute atomic E-state index is 5.23. The summed E-state index contributed by atoms with van der Waals surface area (Å²) in [5.74, 6) is 0. The topological polar surface area (TPSA) is 52.0 Å². The second kappa shape index (κ2) is 44.4. The maximum Gasteiger partial charge on any atom is 0 e. The summed E-state index contributed by atoms with van der Waals surface area (Å²) >= 11 is 0. The molecule has 64 valence electrons. The van der Waals surface area contributed by atoms with Crippen molar-refractivity contribution in [1.82, 2.24) is 0 Å². The lowest BCUT2D eigenvalue weighted by atomic mass is 10.2. The number of hydrogen-bond donors (Lipinski definition) is 2. The van der Waals surface area contributed by atoms with Crippen LogP contribution in [0.4, 0.5) is 0 Å². The Kier molecular flexibility index (Phi) is 150. The molecule has 20 radical (unpaired) electrons. The highest BCUT2D eigenvalue weighted by Crippen LogP contribution is 1.88. The molecule has 0 rings (SSSR count). The molecule has 0 aromatic rings. The van der Waals surface area contributed by atoms with Crippen molar-refractivity contribution in [3.05, 3.63) is 37.1 Å². The lowest BCUT2D eigenvalue weighted by molar-refractivity contribution is 0.695. The van der Waals surface area contributed by atoms with Crippen molar-refractivity contribution in [3.63, 3.8) is 0 Å². The van der Waals surface area contributed by atoms with Gasteiger partial charge in [-0.3, -0.25) is 0 Å². The van der Waals surface area contributed by atoms with Gasteiger partial charge >= 0.3 is 0 Å². The second-order valence-corrected chi connectivity index (χ2v) is 1.64. The third-order valence-electron chi connectivity index (χ3n) is 0.908. The van der Waals surface area contributed by atoms with Crippen LogP contribution in [0.3, 0.4) is 0 Å². The molecule has 0 heterocycles. The van der Waals surface area contributed by atoms with E-state index in [9.17, 15) is 0 Å². The molecule has 0 aromatic heterocycles. The van der Waals surface area contributed by atoms with Crippen LogP contribution in [0.5, 0.6) is 0 Å². The van der Waals surface area contributed by atoms with Crippen molar-refractivity contribution in [2.45, 2.75) is 19.3 Å². The molecular formula is C10H14N2. The van der Waals surface area contributed by atoms with E-state index in [1.54, 1.807) is 0 Å². The van der Waals surface area contributed by atoms with Gasteiger partial charge in [0.2, 0.25) is 0 Å². The summed E-state index contributed by atoms with van der Waals surface area (Å²) in [5, 5.41) is 0. The minimum absolute atomic E-state index is 0. The second-order valence-electron chi connectivity index (χ2n) is 1.64. The van der Waals surface area contributed by atoms with E-state index in [1.165, 1.54) is 6.42 Å². The fourth-order valence-electron chi connectivity index (χ4n) is 0.465. The SMILES string of the molecule is NCCCCCN.[C].[C].[C].[C].[C]. The molecule has 12 heavy (non-hydrogen) atoms. The van der Waals surface area contributed by atoms with Gasteiger partial charge in [0.05, 0.1) is 0 Å². The smallest absolute Gasteiger partial charge is 0 e. The molecule has 0 aromatic carbocycles. The van der Waals surface area contributed by atoms with Crippen molar-refractivity contribution in [2.75, 3.05) is 13.1 Å². The predicted molar refractivity (Wildman–Crippen MR) is 48.2 cm³/mol. The van der Waals surface area contributed by atoms with Crippen LogP contribution in [-0.2, 0) is 0 Å². The minimum Gasteiger partial charge on any atom is -0.330 e. The molecule has 0 aliphatic rings. The highest BCUT2D eigenvalue weighted by atomic mass is 14.5. The van der Waals surface area contributed by atoms with Crippen molar-refractivity contribution in [1.29, 1.82) is 0 Å². The van der Waals surface area contributed by atoms with Gasteiger partial charge in [-0.25, -0.2) is 0 Å². The van der Waals surface area contributed by atoms with Gasteiger partial charge in [-0.15, -0.1) is 0 Å². The fraction of sp³-hybridized carbons (Fsp3) is 0.500. The number of rotatable bonds is 4. The molecule has 0 aliphatic carbocycles. The summed E-state index contributed by atoms with van der Waals surface area (Å²) in [6.07, 6.45) is 3.43. The molecule has 0 unspecified atom stereocenters. The normalized spacial score (nSPS) is 5.50. The lowest BCUT2D eigenvalue weighted by Crippen LogP contribution is -2.02. The zero-order valence-corrected chi connectivity index (χ0v) is 7.19. The van der Waals surface area contributed by atoms with Gasteiger partial charge in [-0.1, -0.05) is 6.42 Å². The monoisotopic (exact) mass is 162 g/mol. The summed E-state index contributed by atoms with van der Waals surface area (Å²) in [6, 6.07) is 0. The third-order valence-corrected chi connectivity index (χ3v) is 0.908. The van der Waals surface area contributed by atoms with E-state index in [2.05, 4.69) is 0 Å². The average Bonchev–Trinajstić information content (AvgIpc) is 1.69. The van der Waals surface area contributed by atoms with Crippen LogP contribution in [0.15, 0.2) is 0 Å². The molecule has 0 amide bonds. The molecule has 0 aliphatic heterocycles. The van der Waals surface area contributed by atoms with E-state index in [0.29, 0.717) is 0 Å². The summed E-state index contributed by atoms with van der Waals surface area (Å²) in [7, 11) is 0. The first kappa shape index (κ1) is 40.6. The zero-order valence-electron chi connectivity index (χ0n) is 7.19. The molecule has 0 spiro atoms. The first-order valence-corrected chi connectivity index (χ1v) is 2.82. The Bertz CT molecular complexity index is 27.0. The van der Waals surface area contributed by atoms with E-state index in [-0.39, 0.29) is 37.1 Å². The van der Waals surface area contributed by atoms with Crippen molar-refractivity contribution >= 4 is 0 Å². The Balaban J connectivity index is -0.0000000180. The number of hydrogen-bond acceptors (Lipinski definition) is 2. The lowest BCUT2D eigenvalue weighted by Gasteiger charge is -1.91. The fourth-order valence-corrected chi connectivity index (χ4v) is 0.465. The van der Waals surface area contributed by atoms with Crippen LogP contribution >= 0.6 is 0 Å². The molecule has 0 bridgehead atoms. The van der Waals surface area contributed by atoms with E-state index in [1.807, 2.05) is 0 Å². The van der Waals surface area contributed by atoms with E-state index < -0.39 is 0 Å². The molecular weight excluding hydrogens is 148 g/mol. The van der Waals surface area contributed by atoms with Crippen LogP contribution in [0.2, 0.25) is 0 Å². The summed E-state index contributed by atoms with van der Waals surface area (Å²) in [5.41, 5.74) is 10.5. The van der Waals surface area contributed by atoms with Gasteiger partial charge in [0, 0.05) is 37.1 Å². The van der Waals surface area contributed by atoms with Crippen molar-refractivity contribution in [3.8, 4) is 0 Å². The maximum atomic E-state index is 5.23. The zero-order chi connectivity index (χ0) is 5.54. The molecule has 0 saturated heterocycles. The third kappa shape index (κ3) is 51.4. The summed E-state index contributed by atoms with van der Waals surface area (Å²) < 4.78 is 0. The Hall–Kier alpha value is -0.0800. The van der Waals surface area contributed by atoms with E-state index >= 15 is 0 Å². The van der Waals surface area contributed by atoms with Crippen molar-refractivity contribution in [2.24, 2.45) is 11.5 Å². The highest BCUT2D eigenvalue weighted by molar-refractivity contribution is 4.41. The Morgan fingerprint density at radius 1 is 0.500 bits per heavy atom. The van der Waals surface area contributed by atoms with Crippen LogP contribution in [0.25, 0.3) is 0 Å². The number of unbranched alkanes of at least 4 members (excludes halogenated alkanes) is 2. The van der Waals surface area contributed by atoms with Crippen LogP contribution in [0, 0.1) is 37.1 Å². The quantitative estimate of drug-likeness (QED) is 0.591. The standard InChI is InChI=1S/C5H14N2.5C/c6-4-2-1-3-5-7;;;;;/h1-7H2;;;;;. The Morgan fingerprint density at radius 2 is 0.750 bits per heavy atom. The van der Waals surface area contributed by atoms with Gasteiger partial charge in [-0.05, 0) is 25.9 Å². The van der Waals surface area contributed by atoms with Gasteiger partial charge in [0.25, 0.3) is 0 Å². The molecule has 0 saturated carbocycles. The van der Waals surface area contributed by atoms with E-state index in [0.717, 1.165) is 25.9 Å². The Labute approximate surface area is 81.7 Å². The summed E-state index contributed by atoms with van der Waals surface area (Å²) in [4.78, 5) is 0. The van der Waals surface area contributed by atoms with Gasteiger partial charge < -0.3 is 11.5 Å². The van der Waals surface area contributed by atoms with Crippen molar-refractivity contribution < 1.29 is 0 Å². The first-order chi connectivity index (χ1) is 3.41. The van der Waals surface area contributed by atoms with Crippen LogP contribution in [-0.4, -0.2) is 13.1 Å². The average molecular weight is 162 g/mol. The van der Waals surface area contributed by atoms with Gasteiger partial charge in [0.1, 0.15) is 0 Å². The minimum atomic E-state index is 0. The predicted octanol–water partition coefficient (Wildman–Crippen LogP) is 0.481. The van der Waals surface area contributed by atoms with Crippen LogP contribution in [0.1, 0.15) is 19.3 Å². The summed E-state index contributed by atoms with van der Waals surface area (Å²) in [6.45, 7) is 1.61. The molecule has 2 nitrogen and oxygen atoms in total. The van der Waals surface area contributed by atoms with Crippen LogP contribution < -0.4 is 11.5 Å². The molecule has 0 fully saturated rings. The van der Waals surface area contributed by atoms with E-state index in [4.69, 9.17) is 11.5 Å². The molecule has 2 heteroatoms. The molecule has 4 N–H and O–H groups in total.